The van der Waals surface area contributed by atoms with Crippen LogP contribution in [0.2, 0.25) is 0 Å². The minimum absolute atomic E-state index is 0.0116. The number of nitrogens with zero attached hydrogens (tertiary/aromatic N) is 1. The van der Waals surface area contributed by atoms with Crippen LogP contribution in [0, 0.1) is 0 Å². The van der Waals surface area contributed by atoms with Crippen molar-refractivity contribution in [3.8, 4) is 0 Å². The first-order chi connectivity index (χ1) is 4.38. The highest BCUT2D eigenvalue weighted by Crippen LogP contribution is 2.11. The summed E-state index contributed by atoms with van der Waals surface area (Å²) in [7, 11) is 0. The molecule has 0 saturated heterocycles. The zero-order chi connectivity index (χ0) is 6.27. The first kappa shape index (κ1) is 4.69. The lowest BCUT2D eigenvalue weighted by atomic mass is 10.2. The fraction of sp³-hybridized carbons (Fsp3) is 0.200. The first-order valence-corrected chi connectivity index (χ1v) is 2.67. The van der Waals surface area contributed by atoms with Gasteiger partial charge in [-0.15, -0.1) is 0 Å². The standard InChI is InChI=1S/C5H5N3O/c9-5-3-1-7-8-4(3)2-6-5/h1-2,4,7-8H. The van der Waals surface area contributed by atoms with E-state index in [1.807, 2.05) is 0 Å². The number of carbonyl (C=O) groups is 1. The summed E-state index contributed by atoms with van der Waals surface area (Å²) in [5.41, 5.74) is 6.27. The van der Waals surface area contributed by atoms with Crippen LogP contribution in [-0.2, 0) is 4.79 Å². The van der Waals surface area contributed by atoms with Gasteiger partial charge in [0.1, 0.15) is 0 Å². The van der Waals surface area contributed by atoms with E-state index < -0.39 is 0 Å². The van der Waals surface area contributed by atoms with Crippen LogP contribution in [0.1, 0.15) is 0 Å². The molecule has 2 aliphatic rings. The SMILES string of the molecule is O=C1N=CC2NNC=C12. The van der Waals surface area contributed by atoms with Crippen molar-refractivity contribution in [3.05, 3.63) is 11.8 Å². The second-order valence-electron chi connectivity index (χ2n) is 1.95. The van der Waals surface area contributed by atoms with Crippen molar-refractivity contribution >= 4 is 12.1 Å². The Morgan fingerprint density at radius 2 is 2.56 bits per heavy atom. The maximum absolute atomic E-state index is 10.7. The molecule has 2 N–H and O–H groups in total. The minimum Gasteiger partial charge on any atom is -0.327 e. The van der Waals surface area contributed by atoms with E-state index >= 15 is 0 Å². The van der Waals surface area contributed by atoms with Gasteiger partial charge in [0, 0.05) is 12.4 Å². The van der Waals surface area contributed by atoms with Crippen molar-refractivity contribution < 1.29 is 4.79 Å². The van der Waals surface area contributed by atoms with Crippen LogP contribution in [0.4, 0.5) is 0 Å². The molecule has 1 atom stereocenters. The monoisotopic (exact) mass is 123 g/mol. The number of hydrogen-bond donors (Lipinski definition) is 2. The van der Waals surface area contributed by atoms with Crippen LogP contribution in [-0.4, -0.2) is 18.2 Å². The number of hydrazine groups is 1. The van der Waals surface area contributed by atoms with Crippen molar-refractivity contribution in [2.24, 2.45) is 4.99 Å². The third-order valence-corrected chi connectivity index (χ3v) is 1.39. The smallest absolute Gasteiger partial charge is 0.276 e. The highest BCUT2D eigenvalue weighted by molar-refractivity contribution is 6.09. The lowest BCUT2D eigenvalue weighted by molar-refractivity contribution is -0.114. The molecule has 0 aromatic carbocycles. The summed E-state index contributed by atoms with van der Waals surface area (Å²) in [6.07, 6.45) is 3.23. The molecule has 0 spiro atoms. The number of carbonyl (C=O) groups excluding carboxylic acids is 1. The summed E-state index contributed by atoms with van der Waals surface area (Å²) in [6, 6.07) is 0.0116. The van der Waals surface area contributed by atoms with E-state index in [0.29, 0.717) is 5.57 Å². The van der Waals surface area contributed by atoms with Gasteiger partial charge in [0.2, 0.25) is 0 Å². The molecule has 2 rings (SSSR count). The molecule has 2 aliphatic heterocycles. The summed E-state index contributed by atoms with van der Waals surface area (Å²) in [5.74, 6) is -0.141. The van der Waals surface area contributed by atoms with Crippen molar-refractivity contribution in [1.82, 2.24) is 10.9 Å². The van der Waals surface area contributed by atoms with E-state index in [1.54, 1.807) is 12.4 Å². The third-order valence-electron chi connectivity index (χ3n) is 1.39. The van der Waals surface area contributed by atoms with Crippen molar-refractivity contribution in [2.45, 2.75) is 6.04 Å². The van der Waals surface area contributed by atoms with Crippen molar-refractivity contribution in [3.63, 3.8) is 0 Å². The molecule has 0 aromatic heterocycles. The predicted molar refractivity (Wildman–Crippen MR) is 31.6 cm³/mol. The summed E-state index contributed by atoms with van der Waals surface area (Å²) in [4.78, 5) is 14.3. The van der Waals surface area contributed by atoms with E-state index in [-0.39, 0.29) is 11.9 Å². The van der Waals surface area contributed by atoms with Gasteiger partial charge >= 0.3 is 0 Å². The largest absolute Gasteiger partial charge is 0.327 e. The lowest BCUT2D eigenvalue weighted by Gasteiger charge is -1.96. The Kier molecular flexibility index (Phi) is 0.738. The van der Waals surface area contributed by atoms with Crippen LogP contribution in [0.25, 0.3) is 0 Å². The molecule has 1 unspecified atom stereocenters. The fourth-order valence-electron chi connectivity index (χ4n) is 0.906. The van der Waals surface area contributed by atoms with Crippen LogP contribution in [0.5, 0.6) is 0 Å². The summed E-state index contributed by atoms with van der Waals surface area (Å²) < 4.78 is 0. The number of amides is 1. The molecular weight excluding hydrogens is 118 g/mol. The van der Waals surface area contributed by atoms with E-state index in [9.17, 15) is 4.79 Å². The normalized spacial score (nSPS) is 30.0. The molecule has 0 aliphatic carbocycles. The van der Waals surface area contributed by atoms with Gasteiger partial charge in [-0.25, -0.2) is 10.4 Å². The van der Waals surface area contributed by atoms with E-state index in [1.165, 1.54) is 0 Å². The van der Waals surface area contributed by atoms with E-state index in [4.69, 9.17) is 0 Å². The number of nitrogens with one attached hydrogen (secondary N) is 2. The molecule has 9 heavy (non-hydrogen) atoms. The Balaban J connectivity index is 2.40. The van der Waals surface area contributed by atoms with Gasteiger partial charge < -0.3 is 5.43 Å². The molecule has 4 heteroatoms. The Bertz CT molecular complexity index is 218. The average Bonchev–Trinajstić information content (AvgIpc) is 2.35. The highest BCUT2D eigenvalue weighted by Gasteiger charge is 2.27. The molecule has 2 heterocycles. The molecule has 46 valence electrons. The van der Waals surface area contributed by atoms with Crippen LogP contribution in [0.3, 0.4) is 0 Å². The summed E-state index contributed by atoms with van der Waals surface area (Å²) in [6.45, 7) is 0. The van der Waals surface area contributed by atoms with Gasteiger partial charge in [0.05, 0.1) is 11.6 Å². The summed E-state index contributed by atoms with van der Waals surface area (Å²) >= 11 is 0. The Labute approximate surface area is 51.6 Å². The molecule has 1 amide bonds. The number of aliphatic imine (C=N–C) groups is 1. The lowest BCUT2D eigenvalue weighted by Crippen LogP contribution is -2.31. The molecule has 0 bridgehead atoms. The molecule has 0 fully saturated rings. The van der Waals surface area contributed by atoms with Gasteiger partial charge in [-0.2, -0.15) is 0 Å². The second kappa shape index (κ2) is 1.41. The third kappa shape index (κ3) is 0.503. The molecule has 0 saturated carbocycles. The maximum atomic E-state index is 10.7. The van der Waals surface area contributed by atoms with Crippen LogP contribution < -0.4 is 10.9 Å². The quantitative estimate of drug-likeness (QED) is 0.432. The van der Waals surface area contributed by atoms with Gasteiger partial charge in [0.15, 0.2) is 0 Å². The topological polar surface area (TPSA) is 53.5 Å². The van der Waals surface area contributed by atoms with Crippen molar-refractivity contribution in [1.29, 1.82) is 0 Å². The number of fused-ring (bicyclic) bond motifs is 1. The number of hydrogen-bond acceptors (Lipinski definition) is 3. The van der Waals surface area contributed by atoms with Gasteiger partial charge in [-0.05, 0) is 0 Å². The molecule has 0 aromatic rings. The second-order valence-corrected chi connectivity index (χ2v) is 1.95. The fourth-order valence-corrected chi connectivity index (χ4v) is 0.906. The molecular formula is C5H5N3O. The Hall–Kier alpha value is -1.16. The Morgan fingerprint density at radius 3 is 3.33 bits per heavy atom. The molecule has 0 radical (unpaired) electrons. The van der Waals surface area contributed by atoms with Crippen LogP contribution >= 0.6 is 0 Å². The maximum Gasteiger partial charge on any atom is 0.276 e. The zero-order valence-electron chi connectivity index (χ0n) is 4.59. The minimum atomic E-state index is -0.141. The Morgan fingerprint density at radius 1 is 1.67 bits per heavy atom. The first-order valence-electron chi connectivity index (χ1n) is 2.67. The van der Waals surface area contributed by atoms with Gasteiger partial charge in [-0.3, -0.25) is 4.79 Å². The average molecular weight is 123 g/mol. The van der Waals surface area contributed by atoms with Crippen LogP contribution in [0.15, 0.2) is 16.8 Å². The van der Waals surface area contributed by atoms with Gasteiger partial charge in [0.25, 0.3) is 5.91 Å². The summed E-state index contributed by atoms with van der Waals surface area (Å²) in [5, 5.41) is 0. The predicted octanol–water partition coefficient (Wildman–Crippen LogP) is -1.04. The number of rotatable bonds is 0. The van der Waals surface area contributed by atoms with E-state index in [0.717, 1.165) is 0 Å². The zero-order valence-corrected chi connectivity index (χ0v) is 4.59. The van der Waals surface area contributed by atoms with Gasteiger partial charge in [-0.1, -0.05) is 0 Å². The van der Waals surface area contributed by atoms with Crippen molar-refractivity contribution in [2.75, 3.05) is 0 Å². The van der Waals surface area contributed by atoms with E-state index in [2.05, 4.69) is 15.8 Å². The highest BCUT2D eigenvalue weighted by atomic mass is 16.1. The molecule has 4 nitrogen and oxygen atoms in total.